The van der Waals surface area contributed by atoms with E-state index in [1.165, 1.54) is 0 Å². The molecule has 20 heavy (non-hydrogen) atoms. The van der Waals surface area contributed by atoms with Crippen LogP contribution in [-0.4, -0.2) is 27.4 Å². The van der Waals surface area contributed by atoms with Gasteiger partial charge in [0.2, 0.25) is 0 Å². The van der Waals surface area contributed by atoms with Gasteiger partial charge in [0.25, 0.3) is 0 Å². The van der Waals surface area contributed by atoms with Crippen LogP contribution in [0.3, 0.4) is 0 Å². The Morgan fingerprint density at radius 1 is 1.30 bits per heavy atom. The summed E-state index contributed by atoms with van der Waals surface area (Å²) in [5.74, 6) is -2.47. The lowest BCUT2D eigenvalue weighted by molar-refractivity contribution is 0.0423. The molecule has 5 nitrogen and oxygen atoms in total. The van der Waals surface area contributed by atoms with Crippen LogP contribution in [-0.2, 0) is 4.74 Å². The molecule has 0 heterocycles. The van der Waals surface area contributed by atoms with Crippen LogP contribution in [0.5, 0.6) is 17.2 Å². The highest BCUT2D eigenvalue weighted by molar-refractivity contribution is 5.91. The lowest BCUT2D eigenvalue weighted by atomic mass is 10.2. The van der Waals surface area contributed by atoms with Crippen LogP contribution in [0.4, 0.5) is 0 Å². The van der Waals surface area contributed by atoms with E-state index in [0.29, 0.717) is 0 Å². The third-order valence-electron chi connectivity index (χ3n) is 2.73. The van der Waals surface area contributed by atoms with E-state index >= 15 is 0 Å². The molecule has 0 spiro atoms. The fourth-order valence-corrected chi connectivity index (χ4v) is 1.61. The van der Waals surface area contributed by atoms with Crippen LogP contribution in [0.2, 0.25) is 0 Å². The van der Waals surface area contributed by atoms with Gasteiger partial charge in [-0.1, -0.05) is 25.8 Å². The molecule has 0 amide bonds. The summed E-state index contributed by atoms with van der Waals surface area (Å²) in [5.41, 5.74) is -0.0217. The Kier molecular flexibility index (Phi) is 5.90. The molecule has 0 aliphatic carbocycles. The number of rotatable bonds is 6. The molecule has 1 unspecified atom stereocenters. The fraction of sp³-hybridized carbons (Fsp3) is 0.400. The normalized spacial score (nSPS) is 12.5. The maximum Gasteiger partial charge on any atom is 0.338 e. The number of esters is 1. The number of carbonyl (C=O) groups is 1. The summed E-state index contributed by atoms with van der Waals surface area (Å²) in [5, 5.41) is 27.9. The molecule has 110 valence electrons. The molecule has 5 heteroatoms. The molecule has 1 aromatic carbocycles. The van der Waals surface area contributed by atoms with Crippen LogP contribution in [0, 0.1) is 0 Å². The molecule has 1 atom stereocenters. The lowest BCUT2D eigenvalue weighted by Gasteiger charge is -2.10. The summed E-state index contributed by atoms with van der Waals surface area (Å²) in [6.45, 7) is 3.82. The molecule has 0 radical (unpaired) electrons. The van der Waals surface area contributed by atoms with Crippen LogP contribution >= 0.6 is 0 Å². The van der Waals surface area contributed by atoms with Crippen LogP contribution < -0.4 is 0 Å². The number of unbranched alkanes of at least 4 members (excludes halogenated alkanes) is 2. The predicted octanol–water partition coefficient (Wildman–Crippen LogP) is 3.10. The smallest absolute Gasteiger partial charge is 0.338 e. The van der Waals surface area contributed by atoms with Gasteiger partial charge in [0.05, 0.1) is 5.56 Å². The Bertz CT molecular complexity index is 470. The summed E-state index contributed by atoms with van der Waals surface area (Å²) < 4.78 is 5.14. The first-order chi connectivity index (χ1) is 9.45. The van der Waals surface area contributed by atoms with Gasteiger partial charge < -0.3 is 20.1 Å². The second kappa shape index (κ2) is 7.43. The van der Waals surface area contributed by atoms with Crippen LogP contribution in [0.25, 0.3) is 0 Å². The van der Waals surface area contributed by atoms with Crippen molar-refractivity contribution >= 4 is 5.97 Å². The number of allylic oxidation sites excluding steroid dienone is 1. The number of benzene rings is 1. The van der Waals surface area contributed by atoms with E-state index in [-0.39, 0.29) is 5.56 Å². The topological polar surface area (TPSA) is 87.0 Å². The second-order valence-electron chi connectivity index (χ2n) is 4.54. The highest BCUT2D eigenvalue weighted by atomic mass is 16.5. The van der Waals surface area contributed by atoms with E-state index in [1.807, 2.05) is 6.08 Å². The van der Waals surface area contributed by atoms with Crippen molar-refractivity contribution in [1.29, 1.82) is 0 Å². The molecular formula is C15H20O5. The Hall–Kier alpha value is -2.17. The molecule has 1 rings (SSSR count). The van der Waals surface area contributed by atoms with E-state index in [9.17, 15) is 20.1 Å². The number of ether oxygens (including phenoxy) is 1. The van der Waals surface area contributed by atoms with Gasteiger partial charge in [-0.25, -0.2) is 4.79 Å². The van der Waals surface area contributed by atoms with Crippen molar-refractivity contribution in [2.24, 2.45) is 0 Å². The Balaban J connectivity index is 2.65. The maximum absolute atomic E-state index is 11.8. The molecule has 0 aliphatic rings. The van der Waals surface area contributed by atoms with Crippen LogP contribution in [0.15, 0.2) is 24.3 Å². The van der Waals surface area contributed by atoms with E-state index < -0.39 is 29.3 Å². The van der Waals surface area contributed by atoms with E-state index in [0.717, 1.165) is 31.4 Å². The van der Waals surface area contributed by atoms with Gasteiger partial charge in [-0.3, -0.25) is 0 Å². The van der Waals surface area contributed by atoms with E-state index in [2.05, 4.69) is 6.92 Å². The lowest BCUT2D eigenvalue weighted by Crippen LogP contribution is -2.12. The van der Waals surface area contributed by atoms with Crippen molar-refractivity contribution < 1.29 is 24.9 Å². The number of hydrogen-bond acceptors (Lipinski definition) is 5. The molecule has 3 N–H and O–H groups in total. The Morgan fingerprint density at radius 2 is 1.90 bits per heavy atom. The van der Waals surface area contributed by atoms with Gasteiger partial charge in [-0.05, 0) is 31.6 Å². The average Bonchev–Trinajstić information content (AvgIpc) is 2.40. The minimum absolute atomic E-state index is 0.0217. The van der Waals surface area contributed by atoms with Gasteiger partial charge in [-0.15, -0.1) is 0 Å². The highest BCUT2D eigenvalue weighted by Gasteiger charge is 2.15. The number of aromatic hydroxyl groups is 3. The summed E-state index contributed by atoms with van der Waals surface area (Å²) in [7, 11) is 0. The number of phenolic OH excluding ortho intramolecular Hbond substituents is 3. The molecule has 1 aromatic rings. The third kappa shape index (κ3) is 4.50. The Morgan fingerprint density at radius 3 is 2.45 bits per heavy atom. The highest BCUT2D eigenvalue weighted by Crippen LogP contribution is 2.35. The van der Waals surface area contributed by atoms with Crippen molar-refractivity contribution in [3.63, 3.8) is 0 Å². The summed E-state index contributed by atoms with van der Waals surface area (Å²) >= 11 is 0. The number of hydrogen-bond donors (Lipinski definition) is 3. The molecule has 0 aliphatic heterocycles. The van der Waals surface area contributed by atoms with Crippen molar-refractivity contribution in [3.8, 4) is 17.2 Å². The van der Waals surface area contributed by atoms with Gasteiger partial charge >= 0.3 is 5.97 Å². The Labute approximate surface area is 118 Å². The average molecular weight is 280 g/mol. The second-order valence-corrected chi connectivity index (χ2v) is 4.54. The fourth-order valence-electron chi connectivity index (χ4n) is 1.61. The summed E-state index contributed by atoms with van der Waals surface area (Å²) in [6.07, 6.45) is 6.44. The first kappa shape index (κ1) is 15.9. The van der Waals surface area contributed by atoms with Crippen molar-refractivity contribution in [2.45, 2.75) is 39.2 Å². The third-order valence-corrected chi connectivity index (χ3v) is 2.73. The van der Waals surface area contributed by atoms with Gasteiger partial charge in [0.15, 0.2) is 17.2 Å². The molecule has 0 bridgehead atoms. The molecule has 0 aromatic heterocycles. The van der Waals surface area contributed by atoms with Crippen molar-refractivity contribution in [1.82, 2.24) is 0 Å². The number of phenols is 3. The standard InChI is InChI=1S/C15H20O5/c1-3-4-5-6-7-10(2)20-15(19)11-8-12(16)14(18)13(17)9-11/h6-10,16-18H,3-5H2,1-2H3/b7-6+. The molecule has 0 fully saturated rings. The first-order valence-corrected chi connectivity index (χ1v) is 6.58. The van der Waals surface area contributed by atoms with Gasteiger partial charge in [-0.2, -0.15) is 0 Å². The van der Waals surface area contributed by atoms with Gasteiger partial charge in [0.1, 0.15) is 6.10 Å². The van der Waals surface area contributed by atoms with E-state index in [4.69, 9.17) is 4.74 Å². The summed E-state index contributed by atoms with van der Waals surface area (Å²) in [4.78, 5) is 11.8. The molecular weight excluding hydrogens is 260 g/mol. The maximum atomic E-state index is 11.8. The minimum Gasteiger partial charge on any atom is -0.504 e. The summed E-state index contributed by atoms with van der Waals surface area (Å²) in [6, 6.07) is 2.09. The predicted molar refractivity (Wildman–Crippen MR) is 75.0 cm³/mol. The van der Waals surface area contributed by atoms with Gasteiger partial charge in [0, 0.05) is 0 Å². The monoisotopic (exact) mass is 280 g/mol. The zero-order valence-corrected chi connectivity index (χ0v) is 11.7. The molecule has 0 saturated carbocycles. The van der Waals surface area contributed by atoms with E-state index in [1.54, 1.807) is 13.0 Å². The largest absolute Gasteiger partial charge is 0.504 e. The van der Waals surface area contributed by atoms with Crippen LogP contribution in [0.1, 0.15) is 43.5 Å². The number of carbonyl (C=O) groups excluding carboxylic acids is 1. The zero-order valence-electron chi connectivity index (χ0n) is 11.7. The first-order valence-electron chi connectivity index (χ1n) is 6.58. The van der Waals surface area contributed by atoms with Crippen molar-refractivity contribution in [2.75, 3.05) is 0 Å². The SMILES string of the molecule is CCCC/C=C/C(C)OC(=O)c1cc(O)c(O)c(O)c1. The quantitative estimate of drug-likeness (QED) is 0.322. The minimum atomic E-state index is -0.678. The van der Waals surface area contributed by atoms with Crippen molar-refractivity contribution in [3.05, 3.63) is 29.8 Å². The zero-order chi connectivity index (χ0) is 15.1. The molecule has 0 saturated heterocycles.